The van der Waals surface area contributed by atoms with Crippen LogP contribution in [0.5, 0.6) is 0 Å². The van der Waals surface area contributed by atoms with Gasteiger partial charge in [0.2, 0.25) is 21.8 Å². The number of amides is 2. The first-order chi connectivity index (χ1) is 17.4. The fourth-order valence-corrected chi connectivity index (χ4v) is 6.15. The monoisotopic (exact) mass is 517 g/mol. The molecule has 2 aromatic heterocycles. The van der Waals surface area contributed by atoms with Crippen molar-refractivity contribution in [1.82, 2.24) is 29.3 Å². The fourth-order valence-electron chi connectivity index (χ4n) is 4.71. The quantitative estimate of drug-likeness (QED) is 0.627. The van der Waals surface area contributed by atoms with Gasteiger partial charge in [0.05, 0.1) is 6.20 Å². The number of hydrogen-bond donors (Lipinski definition) is 1. The number of anilines is 1. The number of aromatic nitrogens is 3. The van der Waals surface area contributed by atoms with Gasteiger partial charge in [-0.05, 0) is 38.3 Å². The second-order valence-corrected chi connectivity index (χ2v) is 11.1. The first-order valence-electron chi connectivity index (χ1n) is 12.6. The van der Waals surface area contributed by atoms with Crippen LogP contribution >= 0.6 is 0 Å². The predicted octanol–water partition coefficient (Wildman–Crippen LogP) is 0.944. The number of carbonyl (C=O) groups excluding carboxylic acids is 2. The molecule has 2 fully saturated rings. The summed E-state index contributed by atoms with van der Waals surface area (Å²) >= 11 is 0. The normalized spacial score (nSPS) is 21.0. The Labute approximate surface area is 212 Å². The number of carbonyl (C=O) groups is 2. The van der Waals surface area contributed by atoms with Crippen LogP contribution in [0.25, 0.3) is 0 Å². The van der Waals surface area contributed by atoms with E-state index in [4.69, 9.17) is 0 Å². The van der Waals surface area contributed by atoms with Gasteiger partial charge in [-0.2, -0.15) is 9.40 Å². The highest BCUT2D eigenvalue weighted by molar-refractivity contribution is 7.89. The highest BCUT2D eigenvalue weighted by Gasteiger charge is 2.30. The Hall–Kier alpha value is -2.99. The Balaban J connectivity index is 1.39. The number of pyridine rings is 1. The molecule has 1 atom stereocenters. The molecule has 0 spiro atoms. The summed E-state index contributed by atoms with van der Waals surface area (Å²) < 4.78 is 29.4. The Bertz CT molecular complexity index is 1130. The number of hydrogen-bond acceptors (Lipinski definition) is 7. The molecule has 36 heavy (non-hydrogen) atoms. The van der Waals surface area contributed by atoms with Gasteiger partial charge >= 0.3 is 0 Å². The lowest BCUT2D eigenvalue weighted by molar-refractivity contribution is -0.136. The van der Waals surface area contributed by atoms with Crippen molar-refractivity contribution >= 4 is 27.7 Å². The molecule has 12 heteroatoms. The first-order valence-corrected chi connectivity index (χ1v) is 14.1. The van der Waals surface area contributed by atoms with E-state index in [0.717, 1.165) is 5.82 Å². The Morgan fingerprint density at radius 1 is 1.11 bits per heavy atom. The molecule has 4 heterocycles. The molecule has 0 bridgehead atoms. The number of nitrogens with zero attached hydrogens (tertiary/aromatic N) is 6. The molecular formula is C24H35N7O4S. The zero-order valence-electron chi connectivity index (χ0n) is 20.8. The van der Waals surface area contributed by atoms with E-state index in [1.165, 1.54) is 16.7 Å². The summed E-state index contributed by atoms with van der Waals surface area (Å²) in [7, 11) is -3.78. The molecule has 2 aliphatic heterocycles. The van der Waals surface area contributed by atoms with Crippen molar-refractivity contribution in [2.45, 2.75) is 44.0 Å². The summed E-state index contributed by atoms with van der Waals surface area (Å²) in [6.45, 7) is 5.85. The maximum absolute atomic E-state index is 13.4. The van der Waals surface area contributed by atoms with Crippen molar-refractivity contribution in [3.8, 4) is 0 Å². The van der Waals surface area contributed by atoms with Crippen LogP contribution < -0.4 is 10.2 Å². The molecule has 4 rings (SSSR count). The third kappa shape index (κ3) is 6.22. The van der Waals surface area contributed by atoms with Gasteiger partial charge in [-0.25, -0.2) is 13.4 Å². The van der Waals surface area contributed by atoms with Crippen molar-refractivity contribution in [3.05, 3.63) is 36.8 Å². The summed E-state index contributed by atoms with van der Waals surface area (Å²) in [6.07, 6.45) is 6.35. The number of rotatable bonds is 5. The van der Waals surface area contributed by atoms with Crippen molar-refractivity contribution in [3.63, 3.8) is 0 Å². The maximum atomic E-state index is 13.4. The summed E-state index contributed by atoms with van der Waals surface area (Å²) in [5, 5.41) is 6.94. The molecular weight excluding hydrogens is 482 g/mol. The van der Waals surface area contributed by atoms with Crippen molar-refractivity contribution in [2.24, 2.45) is 5.92 Å². The van der Waals surface area contributed by atoms with E-state index in [9.17, 15) is 18.0 Å². The van der Waals surface area contributed by atoms with Gasteiger partial charge in [0.1, 0.15) is 10.7 Å². The van der Waals surface area contributed by atoms with Gasteiger partial charge in [0.25, 0.3) is 0 Å². The second kappa shape index (κ2) is 11.8. The molecule has 2 aliphatic rings. The highest BCUT2D eigenvalue weighted by Crippen LogP contribution is 2.22. The number of piperazine rings is 1. The van der Waals surface area contributed by atoms with Gasteiger partial charge in [-0.1, -0.05) is 6.07 Å². The Morgan fingerprint density at radius 2 is 1.92 bits per heavy atom. The summed E-state index contributed by atoms with van der Waals surface area (Å²) in [5.41, 5.74) is 0. The molecule has 0 saturated carbocycles. The summed E-state index contributed by atoms with van der Waals surface area (Å²) in [6, 6.07) is 5.81. The van der Waals surface area contributed by atoms with Crippen LogP contribution in [0.3, 0.4) is 0 Å². The molecule has 0 aromatic carbocycles. The maximum Gasteiger partial charge on any atom is 0.246 e. The summed E-state index contributed by atoms with van der Waals surface area (Å²) in [5.74, 6) is 0.504. The third-order valence-electron chi connectivity index (χ3n) is 6.85. The average Bonchev–Trinajstić information content (AvgIpc) is 3.38. The zero-order valence-corrected chi connectivity index (χ0v) is 21.6. The molecule has 0 aliphatic carbocycles. The van der Waals surface area contributed by atoms with Crippen LogP contribution in [0, 0.1) is 5.92 Å². The second-order valence-electron chi connectivity index (χ2n) is 9.16. The zero-order chi connectivity index (χ0) is 25.5. The minimum Gasteiger partial charge on any atom is -0.356 e. The minimum absolute atomic E-state index is 0.0720. The van der Waals surface area contributed by atoms with Gasteiger partial charge in [-0.15, -0.1) is 0 Å². The molecule has 11 nitrogen and oxygen atoms in total. The van der Waals surface area contributed by atoms with Gasteiger partial charge in [-0.3, -0.25) is 14.3 Å². The van der Waals surface area contributed by atoms with Crippen molar-refractivity contribution < 1.29 is 18.0 Å². The van der Waals surface area contributed by atoms with E-state index < -0.39 is 10.0 Å². The van der Waals surface area contributed by atoms with Crippen LogP contribution in [-0.2, 0) is 26.2 Å². The van der Waals surface area contributed by atoms with Gasteiger partial charge in [0, 0.05) is 77.1 Å². The standard InChI is InChI=1S/C24H35N7O4S/c1-2-30-19-21(18-27-30)36(34,35)31-12-5-6-20(8-11-26-23(32)9-13-31)24(33)29-16-14-28(15-17-29)22-7-3-4-10-25-22/h3-4,7,10,18-20H,2,5-6,8-9,11-17H2,1H3,(H,26,32). The van der Waals surface area contributed by atoms with Crippen LogP contribution in [0.15, 0.2) is 41.7 Å². The Morgan fingerprint density at radius 3 is 2.61 bits per heavy atom. The summed E-state index contributed by atoms with van der Waals surface area (Å²) in [4.78, 5) is 34.3. The van der Waals surface area contributed by atoms with Crippen LogP contribution in [0.4, 0.5) is 5.82 Å². The lowest BCUT2D eigenvalue weighted by Gasteiger charge is -2.37. The number of aryl methyl sites for hydroxylation is 1. The molecule has 2 aromatic rings. The first kappa shape index (κ1) is 26.1. The molecule has 1 N–H and O–H groups in total. The van der Waals surface area contributed by atoms with Crippen LogP contribution in [0.2, 0.25) is 0 Å². The number of sulfonamides is 1. The van der Waals surface area contributed by atoms with E-state index in [1.807, 2.05) is 30.0 Å². The fraction of sp³-hybridized carbons (Fsp3) is 0.583. The largest absolute Gasteiger partial charge is 0.356 e. The van der Waals surface area contributed by atoms with E-state index in [0.29, 0.717) is 58.5 Å². The lowest BCUT2D eigenvalue weighted by atomic mass is 9.97. The van der Waals surface area contributed by atoms with Crippen molar-refractivity contribution in [1.29, 1.82) is 0 Å². The highest BCUT2D eigenvalue weighted by atomic mass is 32.2. The SMILES string of the molecule is CCn1cc(S(=O)(=O)N2CCCC(C(=O)N3CCN(c4ccccn4)CC3)CCNC(=O)CC2)cn1. The van der Waals surface area contributed by atoms with Gasteiger partial charge < -0.3 is 15.1 Å². The van der Waals surface area contributed by atoms with Crippen LogP contribution in [0.1, 0.15) is 32.6 Å². The lowest BCUT2D eigenvalue weighted by Crippen LogP contribution is -2.51. The smallest absolute Gasteiger partial charge is 0.246 e. The molecule has 2 amide bonds. The topological polar surface area (TPSA) is 121 Å². The minimum atomic E-state index is -3.78. The van der Waals surface area contributed by atoms with E-state index in [-0.39, 0.29) is 42.1 Å². The predicted molar refractivity (Wildman–Crippen MR) is 135 cm³/mol. The molecule has 1 unspecified atom stereocenters. The Kier molecular flexibility index (Phi) is 8.57. The van der Waals surface area contributed by atoms with E-state index >= 15 is 0 Å². The molecule has 196 valence electrons. The van der Waals surface area contributed by atoms with Crippen molar-refractivity contribution in [2.75, 3.05) is 50.7 Å². The van der Waals surface area contributed by atoms with E-state index in [1.54, 1.807) is 10.9 Å². The third-order valence-corrected chi connectivity index (χ3v) is 8.70. The number of nitrogens with one attached hydrogen (secondary N) is 1. The van der Waals surface area contributed by atoms with Gasteiger partial charge in [0.15, 0.2) is 0 Å². The molecule has 0 radical (unpaired) electrons. The average molecular weight is 518 g/mol. The van der Waals surface area contributed by atoms with Crippen LogP contribution in [-0.4, -0.2) is 90.0 Å². The van der Waals surface area contributed by atoms with E-state index in [2.05, 4.69) is 20.3 Å². The molecule has 2 saturated heterocycles.